The van der Waals surface area contributed by atoms with Gasteiger partial charge in [-0.05, 0) is 38.3 Å². The average Bonchev–Trinajstić information content (AvgIpc) is 2.54. The Kier molecular flexibility index (Phi) is 2.63. The van der Waals surface area contributed by atoms with Crippen molar-refractivity contribution in [3.8, 4) is 0 Å². The van der Waals surface area contributed by atoms with Crippen LogP contribution < -0.4 is 5.73 Å². The lowest BCUT2D eigenvalue weighted by atomic mass is 9.92. The van der Waals surface area contributed by atoms with Crippen molar-refractivity contribution in [2.75, 3.05) is 0 Å². The number of aromatic nitrogens is 2. The number of benzene rings is 1. The first kappa shape index (κ1) is 10.8. The highest BCUT2D eigenvalue weighted by molar-refractivity contribution is 5.76. The van der Waals surface area contributed by atoms with Crippen molar-refractivity contribution in [3.05, 3.63) is 30.1 Å². The zero-order chi connectivity index (χ0) is 11.8. The van der Waals surface area contributed by atoms with Gasteiger partial charge in [0, 0.05) is 18.5 Å². The molecule has 1 saturated carbocycles. The molecule has 1 atom stereocenters. The summed E-state index contributed by atoms with van der Waals surface area (Å²) in [5.41, 5.74) is 8.30. The summed E-state index contributed by atoms with van der Waals surface area (Å²) in [6.07, 6.45) is 4.78. The highest BCUT2D eigenvalue weighted by Gasteiger charge is 2.24. The summed E-state index contributed by atoms with van der Waals surface area (Å²) < 4.78 is 2.42. The van der Waals surface area contributed by atoms with E-state index >= 15 is 0 Å². The number of nitrogens with two attached hydrogens (primary N) is 1. The van der Waals surface area contributed by atoms with Gasteiger partial charge in [-0.15, -0.1) is 0 Å². The lowest BCUT2D eigenvalue weighted by Crippen LogP contribution is -2.24. The van der Waals surface area contributed by atoms with Gasteiger partial charge in [-0.1, -0.05) is 12.1 Å². The molecule has 0 radical (unpaired) electrons. The Bertz CT molecular complexity index is 523. The second kappa shape index (κ2) is 4.15. The number of fused-ring (bicyclic) bond motifs is 1. The molecule has 0 aliphatic heterocycles. The fourth-order valence-electron chi connectivity index (χ4n) is 2.58. The van der Waals surface area contributed by atoms with Crippen LogP contribution in [0.15, 0.2) is 24.3 Å². The quantitative estimate of drug-likeness (QED) is 0.879. The molecule has 1 aliphatic carbocycles. The Morgan fingerprint density at radius 3 is 2.82 bits per heavy atom. The fourth-order valence-corrected chi connectivity index (χ4v) is 2.58. The Hall–Kier alpha value is -1.35. The minimum Gasteiger partial charge on any atom is -0.328 e. The number of imidazole rings is 1. The normalized spacial score (nSPS) is 18.2. The Labute approximate surface area is 102 Å². The molecule has 0 saturated heterocycles. The first-order valence-electron chi connectivity index (χ1n) is 6.47. The molecule has 17 heavy (non-hydrogen) atoms. The number of nitrogens with zero attached hydrogens (tertiary/aromatic N) is 2. The molecule has 0 amide bonds. The van der Waals surface area contributed by atoms with E-state index in [4.69, 9.17) is 10.7 Å². The topological polar surface area (TPSA) is 43.8 Å². The predicted octanol–water partition coefficient (Wildman–Crippen LogP) is 2.65. The number of hydrogen-bond acceptors (Lipinski definition) is 2. The molecule has 1 aromatic carbocycles. The van der Waals surface area contributed by atoms with Gasteiger partial charge in [0.15, 0.2) is 0 Å². The molecule has 1 heterocycles. The van der Waals surface area contributed by atoms with E-state index in [0.717, 1.165) is 17.8 Å². The van der Waals surface area contributed by atoms with Crippen molar-refractivity contribution < 1.29 is 0 Å². The summed E-state index contributed by atoms with van der Waals surface area (Å²) >= 11 is 0. The number of para-hydroxylation sites is 2. The summed E-state index contributed by atoms with van der Waals surface area (Å²) in [6, 6.07) is 9.23. The van der Waals surface area contributed by atoms with Gasteiger partial charge in [0.05, 0.1) is 11.0 Å². The van der Waals surface area contributed by atoms with Crippen LogP contribution in [0.2, 0.25) is 0 Å². The highest BCUT2D eigenvalue weighted by Crippen LogP contribution is 2.35. The van der Waals surface area contributed by atoms with E-state index < -0.39 is 0 Å². The second-order valence-electron chi connectivity index (χ2n) is 5.15. The maximum absolute atomic E-state index is 5.92. The van der Waals surface area contributed by atoms with Gasteiger partial charge < -0.3 is 10.3 Å². The van der Waals surface area contributed by atoms with Crippen molar-refractivity contribution in [3.63, 3.8) is 0 Å². The van der Waals surface area contributed by atoms with Gasteiger partial charge in [0.25, 0.3) is 0 Å². The summed E-state index contributed by atoms with van der Waals surface area (Å²) in [6.45, 7) is 2.05. The molecular weight excluding hydrogens is 210 g/mol. The van der Waals surface area contributed by atoms with Gasteiger partial charge >= 0.3 is 0 Å². The maximum atomic E-state index is 5.92. The summed E-state index contributed by atoms with van der Waals surface area (Å²) in [5.74, 6) is 1.16. The molecule has 3 heteroatoms. The van der Waals surface area contributed by atoms with E-state index in [1.54, 1.807) is 0 Å². The number of rotatable bonds is 3. The molecular formula is C14H19N3. The molecule has 2 aromatic rings. The Morgan fingerprint density at radius 2 is 2.18 bits per heavy atom. The van der Waals surface area contributed by atoms with Crippen molar-refractivity contribution in [2.45, 2.75) is 44.7 Å². The Balaban J connectivity index is 2.11. The minimum atomic E-state index is 0.172. The second-order valence-corrected chi connectivity index (χ2v) is 5.15. The third kappa shape index (κ3) is 1.84. The molecule has 3 rings (SSSR count). The van der Waals surface area contributed by atoms with Crippen LogP contribution in [0.4, 0.5) is 0 Å². The van der Waals surface area contributed by atoms with Crippen LogP contribution >= 0.6 is 0 Å². The van der Waals surface area contributed by atoms with Gasteiger partial charge in [-0.25, -0.2) is 4.98 Å². The van der Waals surface area contributed by atoms with Crippen molar-refractivity contribution in [2.24, 2.45) is 5.73 Å². The van der Waals surface area contributed by atoms with Crippen LogP contribution in [0.3, 0.4) is 0 Å². The van der Waals surface area contributed by atoms with Gasteiger partial charge in [-0.2, -0.15) is 0 Å². The Morgan fingerprint density at radius 1 is 1.41 bits per heavy atom. The monoisotopic (exact) mass is 229 g/mol. The largest absolute Gasteiger partial charge is 0.328 e. The van der Waals surface area contributed by atoms with Crippen LogP contribution in [-0.4, -0.2) is 15.6 Å². The van der Waals surface area contributed by atoms with Gasteiger partial charge in [0.1, 0.15) is 5.82 Å². The van der Waals surface area contributed by atoms with Crippen molar-refractivity contribution in [1.29, 1.82) is 0 Å². The molecule has 1 fully saturated rings. The molecule has 3 nitrogen and oxygen atoms in total. The molecule has 1 aliphatic rings. The summed E-state index contributed by atoms with van der Waals surface area (Å²) in [7, 11) is 0. The molecule has 0 spiro atoms. The third-order valence-electron chi connectivity index (χ3n) is 3.61. The van der Waals surface area contributed by atoms with Gasteiger partial charge in [-0.3, -0.25) is 0 Å². The van der Waals surface area contributed by atoms with E-state index in [2.05, 4.69) is 28.8 Å². The first-order valence-corrected chi connectivity index (χ1v) is 6.47. The average molecular weight is 229 g/mol. The van der Waals surface area contributed by atoms with E-state index in [0.29, 0.717) is 6.04 Å². The maximum Gasteiger partial charge on any atom is 0.111 e. The van der Waals surface area contributed by atoms with Crippen molar-refractivity contribution in [1.82, 2.24) is 9.55 Å². The molecule has 90 valence electrons. The lowest BCUT2D eigenvalue weighted by Gasteiger charge is -2.29. The third-order valence-corrected chi connectivity index (χ3v) is 3.61. The fraction of sp³-hybridized carbons (Fsp3) is 0.500. The zero-order valence-corrected chi connectivity index (χ0v) is 10.3. The van der Waals surface area contributed by atoms with E-state index in [-0.39, 0.29) is 6.04 Å². The van der Waals surface area contributed by atoms with Crippen molar-refractivity contribution >= 4 is 11.0 Å². The smallest absolute Gasteiger partial charge is 0.111 e. The minimum absolute atomic E-state index is 0.172. The van der Waals surface area contributed by atoms with E-state index in [1.165, 1.54) is 24.8 Å². The predicted molar refractivity (Wildman–Crippen MR) is 70.0 cm³/mol. The molecule has 0 bridgehead atoms. The summed E-state index contributed by atoms with van der Waals surface area (Å²) in [5, 5.41) is 0. The summed E-state index contributed by atoms with van der Waals surface area (Å²) in [4.78, 5) is 4.74. The van der Waals surface area contributed by atoms with E-state index in [1.807, 2.05) is 6.92 Å². The van der Waals surface area contributed by atoms with Crippen LogP contribution in [0, 0.1) is 0 Å². The molecule has 1 aromatic heterocycles. The van der Waals surface area contributed by atoms with Crippen LogP contribution in [0.1, 0.15) is 38.1 Å². The molecule has 1 unspecified atom stereocenters. The van der Waals surface area contributed by atoms with Crippen LogP contribution in [0.5, 0.6) is 0 Å². The van der Waals surface area contributed by atoms with E-state index in [9.17, 15) is 0 Å². The van der Waals surface area contributed by atoms with Crippen LogP contribution in [-0.2, 0) is 6.42 Å². The SMILES string of the molecule is CC(N)Cc1nc2ccccc2n1C1CCC1. The first-order chi connectivity index (χ1) is 8.25. The lowest BCUT2D eigenvalue weighted by molar-refractivity contribution is 0.312. The standard InChI is InChI=1S/C14H19N3/c1-10(15)9-14-16-12-7-2-3-8-13(12)17(14)11-5-4-6-11/h2-3,7-8,10-11H,4-6,9,15H2,1H3. The zero-order valence-electron chi connectivity index (χ0n) is 10.3. The highest BCUT2D eigenvalue weighted by atomic mass is 15.1. The number of hydrogen-bond donors (Lipinski definition) is 1. The molecule has 2 N–H and O–H groups in total. The van der Waals surface area contributed by atoms with Crippen LogP contribution in [0.25, 0.3) is 11.0 Å². The van der Waals surface area contributed by atoms with Gasteiger partial charge in [0.2, 0.25) is 0 Å².